The zero-order chi connectivity index (χ0) is 13.2. The third-order valence-electron chi connectivity index (χ3n) is 2.34. The van der Waals surface area contributed by atoms with Crippen LogP contribution in [-0.4, -0.2) is 18.2 Å². The molecule has 5 nitrogen and oxygen atoms in total. The van der Waals surface area contributed by atoms with E-state index in [2.05, 4.69) is 9.82 Å². The number of rotatable bonds is 4. The van der Waals surface area contributed by atoms with Crippen LogP contribution in [0.15, 0.2) is 41.4 Å². The first kappa shape index (κ1) is 12.7. The fourth-order valence-corrected chi connectivity index (χ4v) is 2.54. The van der Waals surface area contributed by atoms with Gasteiger partial charge < -0.3 is 0 Å². The lowest BCUT2D eigenvalue weighted by Crippen LogP contribution is -2.24. The highest BCUT2D eigenvalue weighted by Gasteiger charge is 2.18. The van der Waals surface area contributed by atoms with Crippen molar-refractivity contribution in [1.82, 2.24) is 14.5 Å². The SMILES string of the molecule is Cn1ccc(CNS(=O)(=O)c2ccccc2F)n1. The minimum absolute atomic E-state index is 0.0253. The molecule has 1 heterocycles. The number of sulfonamides is 1. The molecule has 96 valence electrons. The van der Waals surface area contributed by atoms with Crippen LogP contribution in [0.5, 0.6) is 0 Å². The number of aryl methyl sites for hydroxylation is 1. The van der Waals surface area contributed by atoms with Gasteiger partial charge in [-0.2, -0.15) is 5.10 Å². The molecule has 1 aromatic carbocycles. The lowest BCUT2D eigenvalue weighted by Gasteiger charge is -2.05. The Hall–Kier alpha value is -1.73. The van der Waals surface area contributed by atoms with Crippen LogP contribution in [0, 0.1) is 5.82 Å². The second kappa shape index (κ2) is 4.87. The molecule has 1 N–H and O–H groups in total. The first-order valence-electron chi connectivity index (χ1n) is 5.22. The molecule has 0 aliphatic rings. The third-order valence-corrected chi connectivity index (χ3v) is 3.77. The molecular weight excluding hydrogens is 257 g/mol. The average molecular weight is 269 g/mol. The number of halogens is 1. The minimum Gasteiger partial charge on any atom is -0.276 e. The number of nitrogens with one attached hydrogen (secondary N) is 1. The normalized spacial score (nSPS) is 11.7. The van der Waals surface area contributed by atoms with Gasteiger partial charge in [0, 0.05) is 13.2 Å². The molecule has 2 aromatic rings. The maximum atomic E-state index is 13.4. The van der Waals surface area contributed by atoms with Crippen LogP contribution in [-0.2, 0) is 23.6 Å². The molecule has 1 aromatic heterocycles. The number of nitrogens with zero attached hydrogens (tertiary/aromatic N) is 2. The smallest absolute Gasteiger partial charge is 0.243 e. The van der Waals surface area contributed by atoms with E-state index in [9.17, 15) is 12.8 Å². The van der Waals surface area contributed by atoms with Crippen molar-refractivity contribution in [1.29, 1.82) is 0 Å². The zero-order valence-corrected chi connectivity index (χ0v) is 10.5. The zero-order valence-electron chi connectivity index (χ0n) is 9.67. The summed E-state index contributed by atoms with van der Waals surface area (Å²) in [5, 5.41) is 4.03. The molecule has 0 spiro atoms. The molecule has 18 heavy (non-hydrogen) atoms. The van der Waals surface area contributed by atoms with Crippen LogP contribution >= 0.6 is 0 Å². The quantitative estimate of drug-likeness (QED) is 0.902. The lowest BCUT2D eigenvalue weighted by atomic mass is 10.4. The largest absolute Gasteiger partial charge is 0.276 e. The van der Waals surface area contributed by atoms with Gasteiger partial charge in [0.15, 0.2) is 0 Å². The highest BCUT2D eigenvalue weighted by molar-refractivity contribution is 7.89. The van der Waals surface area contributed by atoms with E-state index in [1.54, 1.807) is 24.0 Å². The van der Waals surface area contributed by atoms with Crippen molar-refractivity contribution in [3.63, 3.8) is 0 Å². The second-order valence-corrected chi connectivity index (χ2v) is 5.47. The van der Waals surface area contributed by atoms with E-state index in [1.807, 2.05) is 0 Å². The first-order chi connectivity index (χ1) is 8.49. The summed E-state index contributed by atoms with van der Waals surface area (Å²) in [4.78, 5) is -0.360. The summed E-state index contributed by atoms with van der Waals surface area (Å²) in [7, 11) is -2.12. The number of aromatic nitrogens is 2. The van der Waals surface area contributed by atoms with E-state index in [0.29, 0.717) is 5.69 Å². The van der Waals surface area contributed by atoms with E-state index >= 15 is 0 Å². The van der Waals surface area contributed by atoms with Gasteiger partial charge in [0.05, 0.1) is 12.2 Å². The van der Waals surface area contributed by atoms with Crippen molar-refractivity contribution in [2.24, 2.45) is 7.05 Å². The van der Waals surface area contributed by atoms with Crippen LogP contribution in [0.25, 0.3) is 0 Å². The Bertz CT molecular complexity index is 652. The molecule has 0 radical (unpaired) electrons. The monoisotopic (exact) mass is 269 g/mol. The van der Waals surface area contributed by atoms with Gasteiger partial charge in [-0.15, -0.1) is 0 Å². The van der Waals surface area contributed by atoms with Crippen molar-refractivity contribution in [2.75, 3.05) is 0 Å². The van der Waals surface area contributed by atoms with E-state index in [0.717, 1.165) is 6.07 Å². The molecule has 0 unspecified atom stereocenters. The van der Waals surface area contributed by atoms with Crippen molar-refractivity contribution in [3.05, 3.63) is 48.0 Å². The average Bonchev–Trinajstić information content (AvgIpc) is 2.73. The highest BCUT2D eigenvalue weighted by atomic mass is 32.2. The van der Waals surface area contributed by atoms with E-state index in [-0.39, 0.29) is 11.4 Å². The Morgan fingerprint density at radius 2 is 2.06 bits per heavy atom. The number of benzene rings is 1. The number of hydrogen-bond acceptors (Lipinski definition) is 3. The third kappa shape index (κ3) is 2.74. The molecule has 0 fully saturated rings. The van der Waals surface area contributed by atoms with Gasteiger partial charge in [-0.25, -0.2) is 17.5 Å². The fourth-order valence-electron chi connectivity index (χ4n) is 1.47. The molecule has 7 heteroatoms. The first-order valence-corrected chi connectivity index (χ1v) is 6.70. The lowest BCUT2D eigenvalue weighted by molar-refractivity contribution is 0.555. The molecule has 2 rings (SSSR count). The van der Waals surface area contributed by atoms with Crippen molar-refractivity contribution in [3.8, 4) is 0 Å². The summed E-state index contributed by atoms with van der Waals surface area (Å²) in [5.74, 6) is -0.772. The van der Waals surface area contributed by atoms with Crippen LogP contribution in [0.1, 0.15) is 5.69 Å². The number of hydrogen-bond donors (Lipinski definition) is 1. The molecule has 0 atom stereocenters. The van der Waals surface area contributed by atoms with Crippen molar-refractivity contribution < 1.29 is 12.8 Å². The fraction of sp³-hybridized carbons (Fsp3) is 0.182. The Kier molecular flexibility index (Phi) is 3.44. The molecule has 0 aliphatic carbocycles. The van der Waals surface area contributed by atoms with Gasteiger partial charge in [0.1, 0.15) is 10.7 Å². The van der Waals surface area contributed by atoms with Crippen molar-refractivity contribution in [2.45, 2.75) is 11.4 Å². The summed E-state index contributed by atoms with van der Waals surface area (Å²) < 4.78 is 40.9. The molecular formula is C11H12FN3O2S. The maximum absolute atomic E-state index is 13.4. The van der Waals surface area contributed by atoms with Gasteiger partial charge in [0.2, 0.25) is 10.0 Å². The summed E-state index contributed by atoms with van der Waals surface area (Å²) in [6, 6.07) is 6.92. The second-order valence-electron chi connectivity index (χ2n) is 3.74. The van der Waals surface area contributed by atoms with Gasteiger partial charge in [-0.1, -0.05) is 12.1 Å². The molecule has 0 bridgehead atoms. The van der Waals surface area contributed by atoms with E-state index in [4.69, 9.17) is 0 Å². The summed E-state index contributed by atoms with van der Waals surface area (Å²) in [6.45, 7) is 0.0253. The van der Waals surface area contributed by atoms with Crippen LogP contribution in [0.3, 0.4) is 0 Å². The van der Waals surface area contributed by atoms with Crippen LogP contribution in [0.4, 0.5) is 4.39 Å². The van der Waals surface area contributed by atoms with E-state index in [1.165, 1.54) is 18.2 Å². The molecule has 0 saturated heterocycles. The molecule has 0 amide bonds. The van der Waals surface area contributed by atoms with Gasteiger partial charge in [-0.3, -0.25) is 4.68 Å². The van der Waals surface area contributed by atoms with E-state index < -0.39 is 15.8 Å². The molecule has 0 aliphatic heterocycles. The Labute approximate surface area is 104 Å². The molecule has 0 saturated carbocycles. The standard InChI is InChI=1S/C11H12FN3O2S/c1-15-7-6-9(14-15)8-13-18(16,17)11-5-3-2-4-10(11)12/h2-7,13H,8H2,1H3. The Morgan fingerprint density at radius 1 is 1.33 bits per heavy atom. The Morgan fingerprint density at radius 3 is 2.67 bits per heavy atom. The predicted octanol–water partition coefficient (Wildman–Crippen LogP) is 1.04. The summed E-state index contributed by atoms with van der Waals surface area (Å²) in [5.41, 5.74) is 0.567. The van der Waals surface area contributed by atoms with Crippen LogP contribution in [0.2, 0.25) is 0 Å². The summed E-state index contributed by atoms with van der Waals surface area (Å²) >= 11 is 0. The van der Waals surface area contributed by atoms with Crippen LogP contribution < -0.4 is 4.72 Å². The highest BCUT2D eigenvalue weighted by Crippen LogP contribution is 2.13. The topological polar surface area (TPSA) is 64.0 Å². The van der Waals surface area contributed by atoms with Crippen molar-refractivity contribution >= 4 is 10.0 Å². The predicted molar refractivity (Wildman–Crippen MR) is 63.6 cm³/mol. The van der Waals surface area contributed by atoms with Gasteiger partial charge >= 0.3 is 0 Å². The maximum Gasteiger partial charge on any atom is 0.243 e. The summed E-state index contributed by atoms with van der Waals surface area (Å²) in [6.07, 6.45) is 1.70. The van der Waals surface area contributed by atoms with Gasteiger partial charge in [-0.05, 0) is 18.2 Å². The Balaban J connectivity index is 2.16. The minimum atomic E-state index is -3.85. The van der Waals surface area contributed by atoms with Gasteiger partial charge in [0.25, 0.3) is 0 Å².